The van der Waals surface area contributed by atoms with Gasteiger partial charge in [0.2, 0.25) is 0 Å². The average molecular weight is 444 g/mol. The second-order valence-electron chi connectivity index (χ2n) is 7.76. The summed E-state index contributed by atoms with van der Waals surface area (Å²) in [5, 5.41) is 8.64. The predicted molar refractivity (Wildman–Crippen MR) is 126 cm³/mol. The van der Waals surface area contributed by atoms with Crippen LogP contribution in [0.15, 0.2) is 48.5 Å². The first-order chi connectivity index (χ1) is 14.7. The smallest absolute Gasteiger partial charge is 0.257 e. The van der Waals surface area contributed by atoms with Crippen molar-refractivity contribution in [3.63, 3.8) is 0 Å². The van der Waals surface area contributed by atoms with Crippen LogP contribution in [0, 0.1) is 0 Å². The Kier molecular flexibility index (Phi) is 8.96. The summed E-state index contributed by atoms with van der Waals surface area (Å²) in [6.45, 7) is 9.30. The van der Waals surface area contributed by atoms with E-state index in [1.165, 1.54) is 0 Å². The molecule has 2 aromatic carbocycles. The van der Waals surface area contributed by atoms with E-state index in [1.807, 2.05) is 27.7 Å². The first-order valence-electron chi connectivity index (χ1n) is 10.0. The van der Waals surface area contributed by atoms with Crippen molar-refractivity contribution >= 4 is 34.8 Å². The van der Waals surface area contributed by atoms with Crippen LogP contribution in [0.3, 0.4) is 0 Å². The zero-order valence-corrected chi connectivity index (χ0v) is 19.1. The molecule has 8 heteroatoms. The fourth-order valence-electron chi connectivity index (χ4n) is 2.52. The average Bonchev–Trinajstić information content (AvgIpc) is 2.71. The van der Waals surface area contributed by atoms with Gasteiger partial charge < -0.3 is 20.1 Å². The lowest BCUT2D eigenvalue weighted by molar-refractivity contribution is 0.0918. The third kappa shape index (κ3) is 8.74. The van der Waals surface area contributed by atoms with Crippen molar-refractivity contribution in [3.05, 3.63) is 59.7 Å². The van der Waals surface area contributed by atoms with Crippen molar-refractivity contribution in [2.24, 2.45) is 0 Å². The van der Waals surface area contributed by atoms with E-state index >= 15 is 0 Å². The van der Waals surface area contributed by atoms with Crippen LogP contribution in [0.2, 0.25) is 0 Å². The molecule has 0 atom stereocenters. The molecule has 0 saturated heterocycles. The molecule has 0 unspecified atom stereocenters. The summed E-state index contributed by atoms with van der Waals surface area (Å²) >= 11 is 5.22. The molecule has 0 aromatic heterocycles. The number of thiocarbonyl (C=S) groups is 1. The summed E-state index contributed by atoms with van der Waals surface area (Å²) in [6.07, 6.45) is 0. The molecule has 0 fully saturated rings. The minimum absolute atomic E-state index is 0.153. The number of anilines is 1. The quantitative estimate of drug-likeness (QED) is 0.425. The van der Waals surface area contributed by atoms with E-state index in [1.54, 1.807) is 48.5 Å². The molecule has 2 amide bonds. The van der Waals surface area contributed by atoms with Gasteiger partial charge in [0, 0.05) is 29.0 Å². The van der Waals surface area contributed by atoms with Gasteiger partial charge in [-0.2, -0.15) is 0 Å². The van der Waals surface area contributed by atoms with Crippen molar-refractivity contribution < 1.29 is 19.1 Å². The third-order valence-corrected chi connectivity index (χ3v) is 4.14. The molecule has 2 aromatic rings. The van der Waals surface area contributed by atoms with Gasteiger partial charge in [0.05, 0.1) is 6.61 Å². The van der Waals surface area contributed by atoms with E-state index in [0.29, 0.717) is 42.4 Å². The number of carbonyl (C=O) groups is 2. The number of hydrogen-bond acceptors (Lipinski definition) is 5. The number of rotatable bonds is 8. The summed E-state index contributed by atoms with van der Waals surface area (Å²) in [6, 6.07) is 13.6. The number of carbonyl (C=O) groups excluding carboxylic acids is 2. The maximum absolute atomic E-state index is 12.4. The molecule has 31 heavy (non-hydrogen) atoms. The monoisotopic (exact) mass is 443 g/mol. The molecule has 0 radical (unpaired) electrons. The summed E-state index contributed by atoms with van der Waals surface area (Å²) < 4.78 is 10.7. The van der Waals surface area contributed by atoms with Gasteiger partial charge in [-0.15, -0.1) is 0 Å². The highest BCUT2D eigenvalue weighted by atomic mass is 32.1. The number of benzene rings is 2. The van der Waals surface area contributed by atoms with E-state index in [9.17, 15) is 9.59 Å². The Bertz CT molecular complexity index is 891. The highest BCUT2D eigenvalue weighted by Crippen LogP contribution is 2.13. The normalized spacial score (nSPS) is 10.8. The molecule has 0 aliphatic carbocycles. The van der Waals surface area contributed by atoms with Crippen molar-refractivity contribution in [1.29, 1.82) is 0 Å². The number of hydrogen-bond donors (Lipinski definition) is 3. The minimum Gasteiger partial charge on any atom is -0.491 e. The molecule has 0 heterocycles. The topological polar surface area (TPSA) is 88.7 Å². The van der Waals surface area contributed by atoms with Gasteiger partial charge in [-0.3, -0.25) is 14.9 Å². The van der Waals surface area contributed by atoms with Gasteiger partial charge in [0.15, 0.2) is 5.11 Å². The Hall–Kier alpha value is -2.97. The lowest BCUT2D eigenvalue weighted by Crippen LogP contribution is -2.40. The Balaban J connectivity index is 1.85. The van der Waals surface area contributed by atoms with Crippen LogP contribution in [0.25, 0.3) is 0 Å². The van der Waals surface area contributed by atoms with Crippen molar-refractivity contribution in [2.45, 2.75) is 33.2 Å². The molecule has 0 spiro atoms. The molecule has 0 saturated carbocycles. The van der Waals surface area contributed by atoms with E-state index < -0.39 is 0 Å². The second-order valence-corrected chi connectivity index (χ2v) is 8.17. The van der Waals surface area contributed by atoms with Crippen molar-refractivity contribution in [2.75, 3.05) is 25.1 Å². The standard InChI is InChI=1S/C23H29N3O4S/c1-5-29-14-15-30-19-12-8-16(9-13-19)20(27)25-22(31)24-18-10-6-17(7-11-18)21(28)26-23(2,3)4/h6-13H,5,14-15H2,1-4H3,(H,26,28)(H2,24,25,27,31). The van der Waals surface area contributed by atoms with Gasteiger partial charge in [-0.05, 0) is 88.4 Å². The van der Waals surface area contributed by atoms with Crippen LogP contribution in [0.4, 0.5) is 5.69 Å². The van der Waals surface area contributed by atoms with Gasteiger partial charge >= 0.3 is 0 Å². The number of amides is 2. The fraction of sp³-hybridized carbons (Fsp3) is 0.348. The summed E-state index contributed by atoms with van der Waals surface area (Å²) in [5.41, 5.74) is 1.35. The summed E-state index contributed by atoms with van der Waals surface area (Å²) in [4.78, 5) is 24.6. The van der Waals surface area contributed by atoms with Crippen LogP contribution < -0.4 is 20.7 Å². The fourth-order valence-corrected chi connectivity index (χ4v) is 2.73. The molecule has 0 aliphatic heterocycles. The van der Waals surface area contributed by atoms with Gasteiger partial charge in [0.25, 0.3) is 11.8 Å². The third-order valence-electron chi connectivity index (χ3n) is 3.94. The Labute approximate surface area is 188 Å². The Morgan fingerprint density at radius 3 is 2.06 bits per heavy atom. The lowest BCUT2D eigenvalue weighted by atomic mass is 10.1. The summed E-state index contributed by atoms with van der Waals surface area (Å²) in [5.74, 6) is 0.173. The van der Waals surface area contributed by atoms with E-state index in [4.69, 9.17) is 21.7 Å². The van der Waals surface area contributed by atoms with E-state index in [2.05, 4.69) is 16.0 Å². The van der Waals surface area contributed by atoms with Crippen LogP contribution in [0.1, 0.15) is 48.4 Å². The lowest BCUT2D eigenvalue weighted by Gasteiger charge is -2.20. The second kappa shape index (κ2) is 11.4. The zero-order chi connectivity index (χ0) is 22.9. The van der Waals surface area contributed by atoms with E-state index in [0.717, 1.165) is 0 Å². The molecule has 0 aliphatic rings. The highest BCUT2D eigenvalue weighted by Gasteiger charge is 2.15. The molecule has 7 nitrogen and oxygen atoms in total. The first kappa shape index (κ1) is 24.3. The molecular weight excluding hydrogens is 414 g/mol. The van der Waals surface area contributed by atoms with Gasteiger partial charge in [0.1, 0.15) is 12.4 Å². The Morgan fingerprint density at radius 2 is 1.48 bits per heavy atom. The Morgan fingerprint density at radius 1 is 0.903 bits per heavy atom. The number of ether oxygens (including phenoxy) is 2. The largest absolute Gasteiger partial charge is 0.491 e. The highest BCUT2D eigenvalue weighted by molar-refractivity contribution is 7.80. The SMILES string of the molecule is CCOCCOc1ccc(C(=O)NC(=S)Nc2ccc(C(=O)NC(C)(C)C)cc2)cc1. The van der Waals surface area contributed by atoms with Crippen LogP contribution >= 0.6 is 12.2 Å². The van der Waals surface area contributed by atoms with E-state index in [-0.39, 0.29) is 22.5 Å². The summed E-state index contributed by atoms with van der Waals surface area (Å²) in [7, 11) is 0. The van der Waals surface area contributed by atoms with Crippen LogP contribution in [-0.2, 0) is 4.74 Å². The van der Waals surface area contributed by atoms with Gasteiger partial charge in [-0.1, -0.05) is 0 Å². The molecule has 2 rings (SSSR count). The number of nitrogens with one attached hydrogen (secondary N) is 3. The maximum atomic E-state index is 12.4. The van der Waals surface area contributed by atoms with Crippen molar-refractivity contribution in [3.8, 4) is 5.75 Å². The molecule has 3 N–H and O–H groups in total. The zero-order valence-electron chi connectivity index (χ0n) is 18.3. The molecular formula is C23H29N3O4S. The van der Waals surface area contributed by atoms with Crippen molar-refractivity contribution in [1.82, 2.24) is 10.6 Å². The van der Waals surface area contributed by atoms with Crippen LogP contribution in [0.5, 0.6) is 5.75 Å². The van der Waals surface area contributed by atoms with Crippen LogP contribution in [-0.4, -0.2) is 42.3 Å². The van der Waals surface area contributed by atoms with Gasteiger partial charge in [-0.25, -0.2) is 0 Å². The predicted octanol–water partition coefficient (Wildman–Crippen LogP) is 3.76. The maximum Gasteiger partial charge on any atom is 0.257 e. The minimum atomic E-state index is -0.334. The first-order valence-corrected chi connectivity index (χ1v) is 10.4. The molecule has 166 valence electrons. The molecule has 0 bridgehead atoms.